The summed E-state index contributed by atoms with van der Waals surface area (Å²) in [5, 5.41) is 4.55. The van der Waals surface area contributed by atoms with E-state index in [2.05, 4.69) is 10.5 Å². The van der Waals surface area contributed by atoms with Gasteiger partial charge in [0.15, 0.2) is 0 Å². The number of benzene rings is 2. The molecule has 0 saturated heterocycles. The van der Waals surface area contributed by atoms with E-state index in [4.69, 9.17) is 34.8 Å². The standard InChI is InChI=1S/C17H13Cl3N2O/c18-13-8-6-12(7-9-13)16(23)22-21-10-14-15(17(14,19)20)11-4-2-1-3-5-11/h1-10,14-15H,(H,22,23)/b21-10+. The number of carbonyl (C=O) groups is 1. The van der Waals surface area contributed by atoms with E-state index in [1.807, 2.05) is 30.3 Å². The number of alkyl halides is 2. The molecule has 2 unspecified atom stereocenters. The van der Waals surface area contributed by atoms with Crippen LogP contribution in [0.5, 0.6) is 0 Å². The first-order chi connectivity index (χ1) is 11.0. The molecule has 0 bridgehead atoms. The van der Waals surface area contributed by atoms with Crippen LogP contribution in [0.15, 0.2) is 59.7 Å². The first-order valence-corrected chi connectivity index (χ1v) is 8.15. The molecule has 118 valence electrons. The summed E-state index contributed by atoms with van der Waals surface area (Å²) in [5.74, 6) is -0.480. The number of halogens is 3. The quantitative estimate of drug-likeness (QED) is 0.477. The zero-order valence-electron chi connectivity index (χ0n) is 11.9. The highest BCUT2D eigenvalue weighted by Gasteiger charge is 2.63. The van der Waals surface area contributed by atoms with Gasteiger partial charge in [0.1, 0.15) is 4.33 Å². The first-order valence-electron chi connectivity index (χ1n) is 7.02. The van der Waals surface area contributed by atoms with Gasteiger partial charge in [-0.2, -0.15) is 5.10 Å². The highest BCUT2D eigenvalue weighted by molar-refractivity contribution is 6.53. The minimum absolute atomic E-state index is 0.0248. The summed E-state index contributed by atoms with van der Waals surface area (Å²) in [6, 6.07) is 16.3. The lowest BCUT2D eigenvalue weighted by molar-refractivity contribution is 0.0955. The van der Waals surface area contributed by atoms with Crippen molar-refractivity contribution in [2.45, 2.75) is 10.3 Å². The summed E-state index contributed by atoms with van der Waals surface area (Å²) in [6.45, 7) is 0. The maximum absolute atomic E-state index is 11.9. The van der Waals surface area contributed by atoms with Crippen molar-refractivity contribution in [3.05, 3.63) is 70.7 Å². The van der Waals surface area contributed by atoms with Crippen LogP contribution in [0.2, 0.25) is 5.02 Å². The number of nitrogens with one attached hydrogen (secondary N) is 1. The van der Waals surface area contributed by atoms with Crippen LogP contribution in [0, 0.1) is 5.92 Å². The summed E-state index contributed by atoms with van der Waals surface area (Å²) in [6.07, 6.45) is 1.59. The molecule has 6 heteroatoms. The Labute approximate surface area is 149 Å². The number of hydrazone groups is 1. The van der Waals surface area contributed by atoms with Crippen LogP contribution >= 0.6 is 34.8 Å². The van der Waals surface area contributed by atoms with Crippen LogP contribution < -0.4 is 5.43 Å². The Balaban J connectivity index is 1.62. The van der Waals surface area contributed by atoms with Crippen molar-refractivity contribution in [2.24, 2.45) is 11.0 Å². The Morgan fingerprint density at radius 2 is 1.74 bits per heavy atom. The van der Waals surface area contributed by atoms with Gasteiger partial charge in [-0.3, -0.25) is 4.79 Å². The fraction of sp³-hybridized carbons (Fsp3) is 0.176. The normalized spacial score (nSPS) is 22.0. The fourth-order valence-corrected chi connectivity index (χ4v) is 3.36. The summed E-state index contributed by atoms with van der Waals surface area (Å²) in [5.41, 5.74) is 4.00. The van der Waals surface area contributed by atoms with Crippen molar-refractivity contribution in [3.8, 4) is 0 Å². The molecule has 2 atom stereocenters. The van der Waals surface area contributed by atoms with Crippen LogP contribution in [0.25, 0.3) is 0 Å². The van der Waals surface area contributed by atoms with E-state index in [9.17, 15) is 4.79 Å². The smallest absolute Gasteiger partial charge is 0.267 e. The van der Waals surface area contributed by atoms with Gasteiger partial charge in [-0.25, -0.2) is 5.43 Å². The monoisotopic (exact) mass is 366 g/mol. The molecule has 3 nitrogen and oxygen atoms in total. The third kappa shape index (κ3) is 3.52. The van der Waals surface area contributed by atoms with Crippen LogP contribution in [0.3, 0.4) is 0 Å². The number of rotatable bonds is 4. The molecule has 0 aliphatic heterocycles. The summed E-state index contributed by atoms with van der Waals surface area (Å²) >= 11 is 18.4. The molecular weight excluding hydrogens is 355 g/mol. The highest BCUT2D eigenvalue weighted by atomic mass is 35.5. The molecule has 0 aromatic heterocycles. The lowest BCUT2D eigenvalue weighted by atomic mass is 10.1. The Morgan fingerprint density at radius 3 is 2.39 bits per heavy atom. The predicted octanol–water partition coefficient (Wildman–Crippen LogP) is 4.64. The highest BCUT2D eigenvalue weighted by Crippen LogP contribution is 2.63. The lowest BCUT2D eigenvalue weighted by Crippen LogP contribution is -2.17. The lowest BCUT2D eigenvalue weighted by Gasteiger charge is -1.99. The molecule has 2 aromatic rings. The van der Waals surface area contributed by atoms with Crippen molar-refractivity contribution >= 4 is 46.9 Å². The van der Waals surface area contributed by atoms with Gasteiger partial charge in [0, 0.05) is 28.6 Å². The fourth-order valence-electron chi connectivity index (χ4n) is 2.47. The van der Waals surface area contributed by atoms with Gasteiger partial charge in [-0.05, 0) is 29.8 Å². The first kappa shape index (κ1) is 16.3. The van der Waals surface area contributed by atoms with Crippen LogP contribution in [0.4, 0.5) is 0 Å². The van der Waals surface area contributed by atoms with Gasteiger partial charge in [-0.1, -0.05) is 41.9 Å². The molecule has 1 fully saturated rings. The summed E-state index contributed by atoms with van der Waals surface area (Å²) in [4.78, 5) is 11.9. The molecule has 1 amide bonds. The van der Waals surface area contributed by atoms with Gasteiger partial charge in [-0.15, -0.1) is 23.2 Å². The minimum Gasteiger partial charge on any atom is -0.267 e. The topological polar surface area (TPSA) is 41.5 Å². The number of carbonyl (C=O) groups excluding carboxylic acids is 1. The Hall–Kier alpha value is -1.55. The molecule has 2 aromatic carbocycles. The molecule has 1 N–H and O–H groups in total. The van der Waals surface area contributed by atoms with Crippen molar-refractivity contribution in [1.29, 1.82) is 0 Å². The Kier molecular flexibility index (Phi) is 4.62. The van der Waals surface area contributed by atoms with E-state index in [-0.39, 0.29) is 17.7 Å². The SMILES string of the molecule is O=C(N/N=C/C1C(c2ccccc2)C1(Cl)Cl)c1ccc(Cl)cc1. The molecule has 0 spiro atoms. The third-order valence-electron chi connectivity index (χ3n) is 3.78. The molecule has 1 saturated carbocycles. The second kappa shape index (κ2) is 6.52. The molecule has 1 aliphatic rings. The van der Waals surface area contributed by atoms with Gasteiger partial charge < -0.3 is 0 Å². The van der Waals surface area contributed by atoms with E-state index in [1.54, 1.807) is 30.5 Å². The number of hydrogen-bond acceptors (Lipinski definition) is 2. The van der Waals surface area contributed by atoms with E-state index < -0.39 is 4.33 Å². The van der Waals surface area contributed by atoms with E-state index >= 15 is 0 Å². The zero-order valence-corrected chi connectivity index (χ0v) is 14.2. The maximum Gasteiger partial charge on any atom is 0.271 e. The number of hydrogen-bond donors (Lipinski definition) is 1. The van der Waals surface area contributed by atoms with Crippen LogP contribution in [0.1, 0.15) is 21.8 Å². The third-order valence-corrected chi connectivity index (χ3v) is 5.00. The molecular formula is C17H13Cl3N2O. The summed E-state index contributed by atoms with van der Waals surface area (Å²) in [7, 11) is 0. The zero-order chi connectivity index (χ0) is 16.4. The van der Waals surface area contributed by atoms with Crippen molar-refractivity contribution < 1.29 is 4.79 Å². The van der Waals surface area contributed by atoms with Gasteiger partial charge in [0.25, 0.3) is 5.91 Å². The molecule has 1 aliphatic carbocycles. The van der Waals surface area contributed by atoms with E-state index in [0.717, 1.165) is 5.56 Å². The molecule has 23 heavy (non-hydrogen) atoms. The van der Waals surface area contributed by atoms with Gasteiger partial charge in [0.2, 0.25) is 0 Å². The average Bonchev–Trinajstić information content (AvgIpc) is 3.09. The molecule has 0 heterocycles. The number of nitrogens with zero attached hydrogens (tertiary/aromatic N) is 1. The van der Waals surface area contributed by atoms with Gasteiger partial charge in [0.05, 0.1) is 0 Å². The Morgan fingerprint density at radius 1 is 1.09 bits per heavy atom. The minimum atomic E-state index is -0.893. The average molecular weight is 368 g/mol. The van der Waals surface area contributed by atoms with E-state index in [0.29, 0.717) is 10.6 Å². The molecule has 3 rings (SSSR count). The Bertz CT molecular complexity index is 729. The van der Waals surface area contributed by atoms with Gasteiger partial charge >= 0.3 is 0 Å². The summed E-state index contributed by atoms with van der Waals surface area (Å²) < 4.78 is -0.893. The van der Waals surface area contributed by atoms with E-state index in [1.165, 1.54) is 0 Å². The van der Waals surface area contributed by atoms with Crippen molar-refractivity contribution in [3.63, 3.8) is 0 Å². The maximum atomic E-state index is 11.9. The second-order valence-electron chi connectivity index (χ2n) is 5.31. The van der Waals surface area contributed by atoms with Crippen LogP contribution in [-0.4, -0.2) is 16.5 Å². The van der Waals surface area contributed by atoms with Crippen molar-refractivity contribution in [2.75, 3.05) is 0 Å². The number of amides is 1. The second-order valence-corrected chi connectivity index (χ2v) is 7.20. The molecule has 0 radical (unpaired) electrons. The van der Waals surface area contributed by atoms with Crippen LogP contribution in [-0.2, 0) is 0 Å². The van der Waals surface area contributed by atoms with Crippen molar-refractivity contribution in [1.82, 2.24) is 5.43 Å². The largest absolute Gasteiger partial charge is 0.271 e. The predicted molar refractivity (Wildman–Crippen MR) is 94.5 cm³/mol.